The van der Waals surface area contributed by atoms with E-state index in [1.165, 1.54) is 12.8 Å². The van der Waals surface area contributed by atoms with E-state index in [1.54, 1.807) is 0 Å². The molecule has 0 saturated carbocycles. The van der Waals surface area contributed by atoms with Gasteiger partial charge < -0.3 is 18.8 Å². The highest BCUT2D eigenvalue weighted by molar-refractivity contribution is 4.94. The summed E-state index contributed by atoms with van der Waals surface area (Å²) in [5.41, 5.74) is -0.118. The lowest BCUT2D eigenvalue weighted by Crippen LogP contribution is -2.46. The van der Waals surface area contributed by atoms with E-state index in [1.807, 2.05) is 18.7 Å². The van der Waals surface area contributed by atoms with Crippen molar-refractivity contribution < 1.29 is 14.2 Å². The molecule has 0 aromatic carbocycles. The van der Waals surface area contributed by atoms with E-state index in [0.717, 1.165) is 71.6 Å². The molecule has 6 nitrogen and oxygen atoms in total. The molecule has 3 aliphatic rings. The van der Waals surface area contributed by atoms with Crippen molar-refractivity contribution in [2.75, 3.05) is 52.7 Å². The number of aromatic nitrogens is 2. The maximum absolute atomic E-state index is 6.32. The van der Waals surface area contributed by atoms with Crippen molar-refractivity contribution in [1.29, 1.82) is 0 Å². The summed E-state index contributed by atoms with van der Waals surface area (Å²) in [6, 6.07) is 0. The fourth-order valence-electron chi connectivity index (χ4n) is 4.39. The zero-order chi connectivity index (χ0) is 16.2. The molecular weight excluding hydrogens is 306 g/mol. The van der Waals surface area contributed by atoms with Crippen LogP contribution in [0.2, 0.25) is 0 Å². The van der Waals surface area contributed by atoms with Crippen LogP contribution in [-0.2, 0) is 20.8 Å². The van der Waals surface area contributed by atoms with E-state index in [0.29, 0.717) is 5.92 Å². The quantitative estimate of drug-likeness (QED) is 0.833. The standard InChI is InChI=1S/C18H29N3O3/c1-6-22-7-2-16(1)10-20-5-8-23-14-18(13-20)9-17(12-24-18)11-21-4-3-19-15-21/h3-4,15-17H,1-2,5-14H2/t17-,18-/m1/s1. The van der Waals surface area contributed by atoms with Crippen LogP contribution in [0.25, 0.3) is 0 Å². The highest BCUT2D eigenvalue weighted by Gasteiger charge is 2.43. The zero-order valence-corrected chi connectivity index (χ0v) is 14.4. The van der Waals surface area contributed by atoms with Crippen molar-refractivity contribution in [3.63, 3.8) is 0 Å². The van der Waals surface area contributed by atoms with Gasteiger partial charge in [0.2, 0.25) is 0 Å². The largest absolute Gasteiger partial charge is 0.381 e. The Bertz CT molecular complexity index is 504. The van der Waals surface area contributed by atoms with E-state index in [4.69, 9.17) is 14.2 Å². The van der Waals surface area contributed by atoms with Crippen LogP contribution in [-0.4, -0.2) is 72.7 Å². The highest BCUT2D eigenvalue weighted by atomic mass is 16.5. The molecule has 1 aromatic heterocycles. The van der Waals surface area contributed by atoms with E-state index < -0.39 is 0 Å². The van der Waals surface area contributed by atoms with Gasteiger partial charge in [-0.3, -0.25) is 4.90 Å². The minimum atomic E-state index is -0.118. The fourth-order valence-corrected chi connectivity index (χ4v) is 4.39. The minimum absolute atomic E-state index is 0.118. The van der Waals surface area contributed by atoms with Gasteiger partial charge in [-0.15, -0.1) is 0 Å². The Labute approximate surface area is 144 Å². The van der Waals surface area contributed by atoms with Gasteiger partial charge in [-0.2, -0.15) is 0 Å². The third-order valence-electron chi connectivity index (χ3n) is 5.60. The molecule has 0 unspecified atom stereocenters. The van der Waals surface area contributed by atoms with Crippen LogP contribution in [0.1, 0.15) is 19.3 Å². The van der Waals surface area contributed by atoms with Crippen LogP contribution in [0.4, 0.5) is 0 Å². The summed E-state index contributed by atoms with van der Waals surface area (Å²) in [4.78, 5) is 6.71. The van der Waals surface area contributed by atoms with Crippen molar-refractivity contribution >= 4 is 0 Å². The van der Waals surface area contributed by atoms with Crippen molar-refractivity contribution in [2.24, 2.45) is 11.8 Å². The first kappa shape index (κ1) is 16.5. The normalized spacial score (nSPS) is 33.1. The molecular formula is C18H29N3O3. The van der Waals surface area contributed by atoms with Gasteiger partial charge in [0, 0.05) is 57.7 Å². The number of ether oxygens (including phenoxy) is 3. The average molecular weight is 335 g/mol. The summed E-state index contributed by atoms with van der Waals surface area (Å²) in [5.74, 6) is 1.31. The Morgan fingerprint density at radius 3 is 2.83 bits per heavy atom. The van der Waals surface area contributed by atoms with Gasteiger partial charge in [0.15, 0.2) is 0 Å². The van der Waals surface area contributed by atoms with Crippen LogP contribution < -0.4 is 0 Å². The SMILES string of the molecule is c1cn(C[C@@H]2CO[C@]3(COCCN(CC4CCOCC4)C3)C2)cn1. The summed E-state index contributed by atoms with van der Waals surface area (Å²) in [7, 11) is 0. The lowest BCUT2D eigenvalue weighted by Gasteiger charge is -2.34. The van der Waals surface area contributed by atoms with Gasteiger partial charge in [0.1, 0.15) is 5.60 Å². The number of nitrogens with zero attached hydrogens (tertiary/aromatic N) is 3. The predicted molar refractivity (Wildman–Crippen MR) is 89.8 cm³/mol. The van der Waals surface area contributed by atoms with Gasteiger partial charge >= 0.3 is 0 Å². The zero-order valence-electron chi connectivity index (χ0n) is 14.4. The molecule has 3 fully saturated rings. The molecule has 24 heavy (non-hydrogen) atoms. The van der Waals surface area contributed by atoms with Gasteiger partial charge in [0.05, 0.1) is 26.1 Å². The second-order valence-corrected chi connectivity index (χ2v) is 7.67. The Morgan fingerprint density at radius 2 is 2.00 bits per heavy atom. The average Bonchev–Trinajstić information content (AvgIpc) is 3.19. The van der Waals surface area contributed by atoms with Gasteiger partial charge in [-0.25, -0.2) is 4.98 Å². The van der Waals surface area contributed by atoms with Crippen LogP contribution in [0, 0.1) is 11.8 Å². The molecule has 0 aliphatic carbocycles. The van der Waals surface area contributed by atoms with Crippen molar-refractivity contribution in [1.82, 2.24) is 14.5 Å². The first-order valence-electron chi connectivity index (χ1n) is 9.29. The molecule has 0 N–H and O–H groups in total. The lowest BCUT2D eigenvalue weighted by molar-refractivity contribution is -0.0576. The van der Waals surface area contributed by atoms with E-state index in [2.05, 4.69) is 14.5 Å². The first-order chi connectivity index (χ1) is 11.8. The van der Waals surface area contributed by atoms with Crippen LogP contribution in [0.5, 0.6) is 0 Å². The Hall–Kier alpha value is -0.950. The Kier molecular flexibility index (Phi) is 5.17. The second kappa shape index (κ2) is 7.52. The molecule has 3 aliphatic heterocycles. The first-order valence-corrected chi connectivity index (χ1v) is 9.29. The van der Waals surface area contributed by atoms with Crippen molar-refractivity contribution in [3.05, 3.63) is 18.7 Å². The van der Waals surface area contributed by atoms with Crippen LogP contribution in [0.15, 0.2) is 18.7 Å². The molecule has 3 saturated heterocycles. The summed E-state index contributed by atoms with van der Waals surface area (Å²) in [6.07, 6.45) is 9.23. The monoisotopic (exact) mass is 335 g/mol. The van der Waals surface area contributed by atoms with E-state index in [-0.39, 0.29) is 5.60 Å². The molecule has 0 amide bonds. The molecule has 2 atom stereocenters. The predicted octanol–water partition coefficient (Wildman–Crippen LogP) is 1.42. The molecule has 0 radical (unpaired) electrons. The summed E-state index contributed by atoms with van der Waals surface area (Å²) in [6.45, 7) is 8.39. The molecule has 1 spiro atoms. The Morgan fingerprint density at radius 1 is 1.08 bits per heavy atom. The smallest absolute Gasteiger partial charge is 0.104 e. The van der Waals surface area contributed by atoms with E-state index in [9.17, 15) is 0 Å². The van der Waals surface area contributed by atoms with Gasteiger partial charge in [0.25, 0.3) is 0 Å². The second-order valence-electron chi connectivity index (χ2n) is 7.67. The number of imidazole rings is 1. The van der Waals surface area contributed by atoms with Crippen molar-refractivity contribution in [2.45, 2.75) is 31.4 Å². The number of hydrogen-bond donors (Lipinski definition) is 0. The fraction of sp³-hybridized carbons (Fsp3) is 0.833. The van der Waals surface area contributed by atoms with Crippen molar-refractivity contribution in [3.8, 4) is 0 Å². The third kappa shape index (κ3) is 3.99. The summed E-state index contributed by atoms with van der Waals surface area (Å²) in [5, 5.41) is 0. The van der Waals surface area contributed by atoms with Gasteiger partial charge in [-0.1, -0.05) is 0 Å². The molecule has 134 valence electrons. The topological polar surface area (TPSA) is 48.8 Å². The number of hydrogen-bond acceptors (Lipinski definition) is 5. The Balaban J connectivity index is 1.35. The summed E-state index contributed by atoms with van der Waals surface area (Å²) < 4.78 is 19.9. The number of rotatable bonds is 4. The molecule has 6 heteroatoms. The molecule has 4 rings (SSSR count). The lowest BCUT2D eigenvalue weighted by atomic mass is 9.93. The molecule has 4 heterocycles. The molecule has 0 bridgehead atoms. The minimum Gasteiger partial charge on any atom is -0.381 e. The van der Waals surface area contributed by atoms with Gasteiger partial charge in [-0.05, 0) is 25.2 Å². The molecule has 1 aromatic rings. The van der Waals surface area contributed by atoms with Crippen LogP contribution in [0.3, 0.4) is 0 Å². The highest BCUT2D eigenvalue weighted by Crippen LogP contribution is 2.34. The maximum atomic E-state index is 6.32. The van der Waals surface area contributed by atoms with E-state index >= 15 is 0 Å². The summed E-state index contributed by atoms with van der Waals surface area (Å²) >= 11 is 0. The third-order valence-corrected chi connectivity index (χ3v) is 5.60. The maximum Gasteiger partial charge on any atom is 0.104 e. The van der Waals surface area contributed by atoms with Crippen LogP contribution >= 0.6 is 0 Å².